The van der Waals surface area contributed by atoms with Gasteiger partial charge in [0.15, 0.2) is 5.12 Å². The highest BCUT2D eigenvalue weighted by atomic mass is 32.2. The molecule has 0 fully saturated rings. The van der Waals surface area contributed by atoms with Crippen LogP contribution in [0.3, 0.4) is 0 Å². The maximum Gasteiger partial charge on any atom is 0.185 e. The largest absolute Gasteiger partial charge is 0.389 e. The van der Waals surface area contributed by atoms with Crippen molar-refractivity contribution in [1.29, 1.82) is 0 Å². The Morgan fingerprint density at radius 1 is 1.32 bits per heavy atom. The lowest BCUT2D eigenvalue weighted by Crippen LogP contribution is -2.21. The summed E-state index contributed by atoms with van der Waals surface area (Å²) in [6, 6.07) is 9.12. The lowest BCUT2D eigenvalue weighted by atomic mass is 10.0. The van der Waals surface area contributed by atoms with Crippen molar-refractivity contribution >= 4 is 27.8 Å². The van der Waals surface area contributed by atoms with Gasteiger partial charge in [0, 0.05) is 24.3 Å². The van der Waals surface area contributed by atoms with Gasteiger partial charge in [0.2, 0.25) is 0 Å². The van der Waals surface area contributed by atoms with E-state index in [4.69, 9.17) is 0 Å². The number of carbonyl (C=O) groups excluding carboxylic acids is 1. The topological polar surface area (TPSA) is 70.4 Å². The quantitative estimate of drug-likeness (QED) is 0.893. The monoisotopic (exact) mass is 277 g/mol. The molecule has 0 aliphatic heterocycles. The molecule has 2 atom stereocenters. The summed E-state index contributed by atoms with van der Waals surface area (Å²) >= 11 is 1.00. The van der Waals surface area contributed by atoms with Crippen LogP contribution in [0, 0.1) is 0 Å². The van der Waals surface area contributed by atoms with Gasteiger partial charge in [-0.05, 0) is 17.7 Å². The van der Waals surface area contributed by atoms with E-state index < -0.39 is 12.2 Å². The van der Waals surface area contributed by atoms with Gasteiger partial charge < -0.3 is 10.2 Å². The first-order chi connectivity index (χ1) is 9.09. The molecule has 2 aromatic rings. The molecular formula is C14H15NO3S. The number of nitrogens with zero attached hydrogens (tertiary/aromatic N) is 1. The van der Waals surface area contributed by atoms with Crippen LogP contribution in [-0.4, -0.2) is 32.2 Å². The fourth-order valence-corrected chi connectivity index (χ4v) is 2.46. The molecule has 1 heterocycles. The minimum Gasteiger partial charge on any atom is -0.389 e. The number of carbonyl (C=O) groups is 1. The maximum absolute atomic E-state index is 10.9. The van der Waals surface area contributed by atoms with Crippen LogP contribution < -0.4 is 0 Å². The molecule has 19 heavy (non-hydrogen) atoms. The van der Waals surface area contributed by atoms with Crippen LogP contribution in [0.5, 0.6) is 0 Å². The van der Waals surface area contributed by atoms with Gasteiger partial charge in [-0.1, -0.05) is 30.0 Å². The fraction of sp³-hybridized carbons (Fsp3) is 0.286. The third-order valence-corrected chi connectivity index (χ3v) is 3.74. The van der Waals surface area contributed by atoms with Gasteiger partial charge in [0.1, 0.15) is 6.10 Å². The summed E-state index contributed by atoms with van der Waals surface area (Å²) in [5.41, 5.74) is 1.40. The number of aliphatic hydroxyl groups excluding tert-OH is 2. The van der Waals surface area contributed by atoms with Crippen molar-refractivity contribution in [2.75, 3.05) is 5.75 Å². The number of fused-ring (bicyclic) bond motifs is 1. The van der Waals surface area contributed by atoms with E-state index in [1.165, 1.54) is 6.92 Å². The van der Waals surface area contributed by atoms with Crippen molar-refractivity contribution in [2.24, 2.45) is 0 Å². The second kappa shape index (κ2) is 6.14. The second-order valence-corrected chi connectivity index (χ2v) is 5.43. The molecular weight excluding hydrogens is 262 g/mol. The van der Waals surface area contributed by atoms with Gasteiger partial charge in [0.05, 0.1) is 11.6 Å². The normalized spacial score (nSPS) is 14.3. The summed E-state index contributed by atoms with van der Waals surface area (Å²) in [5, 5.41) is 20.9. The van der Waals surface area contributed by atoms with E-state index in [1.807, 2.05) is 24.3 Å². The summed E-state index contributed by atoms with van der Waals surface area (Å²) in [4.78, 5) is 15.1. The van der Waals surface area contributed by atoms with Crippen molar-refractivity contribution in [3.63, 3.8) is 0 Å². The van der Waals surface area contributed by atoms with Crippen molar-refractivity contribution < 1.29 is 15.0 Å². The highest BCUT2D eigenvalue weighted by Gasteiger charge is 2.21. The zero-order valence-corrected chi connectivity index (χ0v) is 11.3. The summed E-state index contributed by atoms with van der Waals surface area (Å²) in [7, 11) is 0. The van der Waals surface area contributed by atoms with Crippen LogP contribution in [0.4, 0.5) is 0 Å². The van der Waals surface area contributed by atoms with Gasteiger partial charge in [0.25, 0.3) is 0 Å². The minimum atomic E-state index is -1.03. The predicted molar refractivity (Wildman–Crippen MR) is 75.8 cm³/mol. The van der Waals surface area contributed by atoms with E-state index in [0.717, 1.165) is 22.7 Å². The van der Waals surface area contributed by atoms with Gasteiger partial charge in [-0.25, -0.2) is 0 Å². The Balaban J connectivity index is 2.25. The molecule has 0 bridgehead atoms. The number of aromatic nitrogens is 1. The van der Waals surface area contributed by atoms with Crippen molar-refractivity contribution in [2.45, 2.75) is 19.1 Å². The highest BCUT2D eigenvalue weighted by molar-refractivity contribution is 8.13. The predicted octanol–water partition coefficient (Wildman–Crippen LogP) is 1.91. The number of aliphatic hydroxyl groups is 2. The molecule has 0 aliphatic rings. The first-order valence-electron chi connectivity index (χ1n) is 5.92. The smallest absolute Gasteiger partial charge is 0.185 e. The first kappa shape index (κ1) is 14.0. The molecule has 0 amide bonds. The van der Waals surface area contributed by atoms with Crippen molar-refractivity contribution in [1.82, 2.24) is 4.98 Å². The number of rotatable bonds is 4. The molecule has 2 unspecified atom stereocenters. The number of benzene rings is 1. The van der Waals surface area contributed by atoms with Crippen LogP contribution in [-0.2, 0) is 4.79 Å². The second-order valence-electron chi connectivity index (χ2n) is 4.23. The molecule has 0 spiro atoms. The number of para-hydroxylation sites is 1. The van der Waals surface area contributed by atoms with Crippen LogP contribution in [0.25, 0.3) is 10.9 Å². The minimum absolute atomic E-state index is 0.0779. The highest BCUT2D eigenvalue weighted by Crippen LogP contribution is 2.26. The number of pyridine rings is 1. The van der Waals surface area contributed by atoms with E-state index in [2.05, 4.69) is 4.98 Å². The van der Waals surface area contributed by atoms with E-state index in [1.54, 1.807) is 12.3 Å². The maximum atomic E-state index is 10.9. The Morgan fingerprint density at radius 2 is 2.05 bits per heavy atom. The standard InChI is InChI=1S/C14H15NO3S/c1-9(16)19-8-13(17)14(18)11-6-7-15-12-5-3-2-4-10(11)12/h2-7,13-14,17-18H,8H2,1H3. The van der Waals surface area contributed by atoms with E-state index >= 15 is 0 Å². The average molecular weight is 277 g/mol. The van der Waals surface area contributed by atoms with E-state index in [9.17, 15) is 15.0 Å². The summed E-state index contributed by atoms with van der Waals surface area (Å²) in [6.45, 7) is 1.44. The van der Waals surface area contributed by atoms with Gasteiger partial charge in [-0.15, -0.1) is 0 Å². The summed E-state index contributed by atoms with van der Waals surface area (Å²) in [6.07, 6.45) is -0.411. The van der Waals surface area contributed by atoms with Gasteiger partial charge in [-0.3, -0.25) is 9.78 Å². The molecule has 0 radical (unpaired) electrons. The third kappa shape index (κ3) is 3.32. The Morgan fingerprint density at radius 3 is 2.79 bits per heavy atom. The van der Waals surface area contributed by atoms with Crippen LogP contribution in [0.2, 0.25) is 0 Å². The Bertz CT molecular complexity index is 582. The zero-order valence-electron chi connectivity index (χ0n) is 10.5. The fourth-order valence-electron chi connectivity index (χ4n) is 1.88. The third-order valence-electron chi connectivity index (χ3n) is 2.82. The Kier molecular flexibility index (Phi) is 4.52. The van der Waals surface area contributed by atoms with Crippen LogP contribution in [0.1, 0.15) is 18.6 Å². The van der Waals surface area contributed by atoms with Gasteiger partial charge >= 0.3 is 0 Å². The Hall–Kier alpha value is -1.43. The Labute approximate surface area is 115 Å². The summed E-state index contributed by atoms with van der Waals surface area (Å²) < 4.78 is 0. The number of hydrogen-bond donors (Lipinski definition) is 2. The molecule has 0 saturated carbocycles. The number of hydrogen-bond acceptors (Lipinski definition) is 5. The molecule has 100 valence electrons. The lowest BCUT2D eigenvalue weighted by molar-refractivity contribution is -0.109. The molecule has 1 aromatic carbocycles. The molecule has 2 N–H and O–H groups in total. The SMILES string of the molecule is CC(=O)SCC(O)C(O)c1ccnc2ccccc12. The van der Waals surface area contributed by atoms with Crippen molar-refractivity contribution in [3.05, 3.63) is 42.1 Å². The zero-order chi connectivity index (χ0) is 13.8. The average Bonchev–Trinajstić information content (AvgIpc) is 2.43. The first-order valence-corrected chi connectivity index (χ1v) is 6.91. The molecule has 2 rings (SSSR count). The number of thioether (sulfide) groups is 1. The molecule has 1 aromatic heterocycles. The molecule has 4 nitrogen and oxygen atoms in total. The van der Waals surface area contributed by atoms with Crippen LogP contribution >= 0.6 is 11.8 Å². The van der Waals surface area contributed by atoms with Gasteiger partial charge in [-0.2, -0.15) is 0 Å². The van der Waals surface area contributed by atoms with E-state index in [-0.39, 0.29) is 10.9 Å². The van der Waals surface area contributed by atoms with Crippen LogP contribution in [0.15, 0.2) is 36.5 Å². The van der Waals surface area contributed by atoms with Crippen molar-refractivity contribution in [3.8, 4) is 0 Å². The summed E-state index contributed by atoms with van der Waals surface area (Å²) in [5.74, 6) is 0.174. The lowest BCUT2D eigenvalue weighted by Gasteiger charge is -2.18. The molecule has 0 saturated heterocycles. The molecule has 0 aliphatic carbocycles. The molecule has 5 heteroatoms. The van der Waals surface area contributed by atoms with E-state index in [0.29, 0.717) is 5.56 Å².